The molecule has 0 atom stereocenters. The first-order valence-corrected chi connectivity index (χ1v) is 10.4. The Morgan fingerprint density at radius 2 is 2.00 bits per heavy atom. The van der Waals surface area contributed by atoms with Gasteiger partial charge in [0.05, 0.1) is 18.4 Å². The monoisotopic (exact) mass is 465 g/mol. The highest BCUT2D eigenvalue weighted by atomic mass is 19.1. The molecule has 1 amide bonds. The molecule has 0 saturated carbocycles. The minimum Gasteiger partial charge on any atom is -0.443 e. The molecule has 0 spiro atoms. The van der Waals surface area contributed by atoms with E-state index in [4.69, 9.17) is 15.0 Å². The van der Waals surface area contributed by atoms with Crippen molar-refractivity contribution < 1.29 is 18.4 Å². The van der Waals surface area contributed by atoms with Crippen LogP contribution < -0.4 is 10.6 Å². The normalized spacial score (nSPS) is 11.4. The summed E-state index contributed by atoms with van der Waals surface area (Å²) >= 11 is 0. The highest BCUT2D eigenvalue weighted by Gasteiger charge is 2.23. The first kappa shape index (κ1) is 22.9. The Morgan fingerprint density at radius 1 is 1.24 bits per heavy atom. The summed E-state index contributed by atoms with van der Waals surface area (Å²) in [5.74, 6) is -0.0402. The predicted octanol–water partition coefficient (Wildman–Crippen LogP) is 4.14. The van der Waals surface area contributed by atoms with Crippen molar-refractivity contribution in [2.75, 3.05) is 17.7 Å². The van der Waals surface area contributed by atoms with Crippen molar-refractivity contribution in [2.24, 2.45) is 0 Å². The standard InChI is InChI=1S/C23H24FN7O3/c1-23(2,3)34-22(32)30(4)19-12-26-21(27-20(19)25)17-11-18(16-9-10-33-29-16)31(28-17)13-14-7-5-6-8-15(14)24/h5-12H,13H2,1-4H3,(H2,25,26,27). The molecule has 0 saturated heterocycles. The zero-order valence-corrected chi connectivity index (χ0v) is 19.2. The van der Waals surface area contributed by atoms with E-state index in [2.05, 4.69) is 20.2 Å². The van der Waals surface area contributed by atoms with Gasteiger partial charge in [-0.2, -0.15) is 5.10 Å². The lowest BCUT2D eigenvalue weighted by Crippen LogP contribution is -2.34. The molecular weight excluding hydrogens is 441 g/mol. The number of halogens is 1. The van der Waals surface area contributed by atoms with Gasteiger partial charge in [-0.1, -0.05) is 23.4 Å². The summed E-state index contributed by atoms with van der Waals surface area (Å²) in [5.41, 5.74) is 7.72. The van der Waals surface area contributed by atoms with Crippen LogP contribution in [0.4, 0.5) is 20.7 Å². The minimum absolute atomic E-state index is 0.0741. The van der Waals surface area contributed by atoms with Crippen molar-refractivity contribution in [3.05, 3.63) is 60.2 Å². The smallest absolute Gasteiger partial charge is 0.414 e. The molecule has 3 heterocycles. The van der Waals surface area contributed by atoms with E-state index in [1.807, 2.05) is 0 Å². The molecule has 0 unspecified atom stereocenters. The Morgan fingerprint density at radius 3 is 2.65 bits per heavy atom. The Hall–Kier alpha value is -4.28. The zero-order chi connectivity index (χ0) is 24.5. The maximum Gasteiger partial charge on any atom is 0.414 e. The highest BCUT2D eigenvalue weighted by molar-refractivity contribution is 5.90. The van der Waals surface area contributed by atoms with Crippen LogP contribution in [0, 0.1) is 5.82 Å². The molecule has 0 aliphatic heterocycles. The van der Waals surface area contributed by atoms with Crippen molar-refractivity contribution >= 4 is 17.6 Å². The lowest BCUT2D eigenvalue weighted by molar-refractivity contribution is 0.0589. The van der Waals surface area contributed by atoms with Crippen LogP contribution >= 0.6 is 0 Å². The van der Waals surface area contributed by atoms with Gasteiger partial charge in [-0.25, -0.2) is 19.2 Å². The third-order valence-corrected chi connectivity index (χ3v) is 4.81. The Balaban J connectivity index is 1.67. The number of aromatic nitrogens is 5. The maximum absolute atomic E-state index is 14.3. The van der Waals surface area contributed by atoms with E-state index in [1.54, 1.807) is 55.8 Å². The first-order valence-electron chi connectivity index (χ1n) is 10.4. The van der Waals surface area contributed by atoms with Crippen molar-refractivity contribution in [1.29, 1.82) is 0 Å². The summed E-state index contributed by atoms with van der Waals surface area (Å²) in [4.78, 5) is 22.3. The van der Waals surface area contributed by atoms with Crippen LogP contribution in [0.5, 0.6) is 0 Å². The summed E-state index contributed by atoms with van der Waals surface area (Å²) in [6, 6.07) is 9.83. The van der Waals surface area contributed by atoms with Crippen LogP contribution in [0.25, 0.3) is 22.9 Å². The van der Waals surface area contributed by atoms with Gasteiger partial charge in [-0.15, -0.1) is 0 Å². The Bertz CT molecular complexity index is 1310. The second-order valence-corrected chi connectivity index (χ2v) is 8.55. The minimum atomic E-state index is -0.663. The molecule has 176 valence electrons. The third kappa shape index (κ3) is 4.87. The van der Waals surface area contributed by atoms with Crippen LogP contribution in [0.1, 0.15) is 26.3 Å². The van der Waals surface area contributed by atoms with E-state index in [1.165, 1.54) is 30.5 Å². The molecule has 0 fully saturated rings. The third-order valence-electron chi connectivity index (χ3n) is 4.81. The largest absolute Gasteiger partial charge is 0.443 e. The molecule has 0 aliphatic carbocycles. The number of hydrogen-bond acceptors (Lipinski definition) is 8. The Kier molecular flexibility index (Phi) is 6.01. The fourth-order valence-electron chi connectivity index (χ4n) is 3.18. The fourth-order valence-corrected chi connectivity index (χ4v) is 3.18. The fraction of sp³-hybridized carbons (Fsp3) is 0.261. The molecule has 4 aromatic rings. The summed E-state index contributed by atoms with van der Waals surface area (Å²) < 4.78 is 26.2. The van der Waals surface area contributed by atoms with Crippen molar-refractivity contribution in [2.45, 2.75) is 32.9 Å². The number of ether oxygens (including phenoxy) is 1. The van der Waals surface area contributed by atoms with Crippen molar-refractivity contribution in [3.8, 4) is 22.9 Å². The van der Waals surface area contributed by atoms with E-state index >= 15 is 0 Å². The van der Waals surface area contributed by atoms with Gasteiger partial charge in [0.1, 0.15) is 34.8 Å². The lowest BCUT2D eigenvalue weighted by atomic mass is 10.2. The molecule has 4 rings (SSSR count). The van der Waals surface area contributed by atoms with E-state index < -0.39 is 11.7 Å². The van der Waals surface area contributed by atoms with Crippen LogP contribution in [0.3, 0.4) is 0 Å². The first-order chi connectivity index (χ1) is 16.1. The highest BCUT2D eigenvalue weighted by Crippen LogP contribution is 2.28. The summed E-state index contributed by atoms with van der Waals surface area (Å²) in [6.45, 7) is 5.47. The summed E-state index contributed by atoms with van der Waals surface area (Å²) in [6.07, 6.45) is 2.27. The molecule has 3 aromatic heterocycles. The van der Waals surface area contributed by atoms with Crippen LogP contribution in [0.15, 0.2) is 53.4 Å². The second kappa shape index (κ2) is 8.93. The average Bonchev–Trinajstić information content (AvgIpc) is 3.43. The van der Waals surface area contributed by atoms with Gasteiger partial charge in [0.25, 0.3) is 0 Å². The van der Waals surface area contributed by atoms with E-state index in [0.717, 1.165) is 0 Å². The number of hydrogen-bond donors (Lipinski definition) is 1. The Labute approximate surface area is 195 Å². The van der Waals surface area contributed by atoms with Gasteiger partial charge in [-0.3, -0.25) is 9.58 Å². The number of carbonyl (C=O) groups excluding carboxylic acids is 1. The van der Waals surface area contributed by atoms with Gasteiger partial charge < -0.3 is 15.0 Å². The van der Waals surface area contributed by atoms with E-state index in [-0.39, 0.29) is 24.0 Å². The molecule has 2 N–H and O–H groups in total. The second-order valence-electron chi connectivity index (χ2n) is 8.55. The number of nitrogens with two attached hydrogens (primary N) is 1. The number of rotatable bonds is 5. The summed E-state index contributed by atoms with van der Waals surface area (Å²) in [7, 11) is 1.52. The van der Waals surface area contributed by atoms with Crippen LogP contribution in [-0.2, 0) is 11.3 Å². The molecule has 0 bridgehead atoms. The number of carbonyl (C=O) groups is 1. The van der Waals surface area contributed by atoms with Crippen molar-refractivity contribution in [3.63, 3.8) is 0 Å². The van der Waals surface area contributed by atoms with Gasteiger partial charge in [0, 0.05) is 18.7 Å². The quantitative estimate of drug-likeness (QED) is 0.466. The topological polar surface area (TPSA) is 125 Å². The molecule has 0 radical (unpaired) electrons. The number of amides is 1. The van der Waals surface area contributed by atoms with Gasteiger partial charge in [0.15, 0.2) is 11.6 Å². The molecule has 34 heavy (non-hydrogen) atoms. The van der Waals surface area contributed by atoms with E-state index in [9.17, 15) is 9.18 Å². The number of anilines is 2. The van der Waals surface area contributed by atoms with E-state index in [0.29, 0.717) is 28.3 Å². The SMILES string of the molecule is CN(C(=O)OC(C)(C)C)c1cnc(-c2cc(-c3ccon3)n(Cc3ccccc3F)n2)nc1N. The zero-order valence-electron chi connectivity index (χ0n) is 19.2. The number of nitrogen functional groups attached to an aromatic ring is 1. The average molecular weight is 465 g/mol. The maximum atomic E-state index is 14.3. The van der Waals surface area contributed by atoms with Crippen molar-refractivity contribution in [1.82, 2.24) is 24.9 Å². The van der Waals surface area contributed by atoms with Gasteiger partial charge in [0.2, 0.25) is 0 Å². The molecule has 11 heteroatoms. The molecule has 0 aliphatic rings. The predicted molar refractivity (Wildman–Crippen MR) is 123 cm³/mol. The number of benzene rings is 1. The molecule has 10 nitrogen and oxygen atoms in total. The molecular formula is C23H24FN7O3. The summed E-state index contributed by atoms with van der Waals surface area (Å²) in [5, 5.41) is 8.52. The van der Waals surface area contributed by atoms with Crippen LogP contribution in [-0.4, -0.2) is 43.6 Å². The van der Waals surface area contributed by atoms with Crippen LogP contribution in [0.2, 0.25) is 0 Å². The number of nitrogens with zero attached hydrogens (tertiary/aromatic N) is 6. The van der Waals surface area contributed by atoms with Gasteiger partial charge in [-0.05, 0) is 32.9 Å². The molecule has 1 aromatic carbocycles. The lowest BCUT2D eigenvalue weighted by Gasteiger charge is -2.24. The van der Waals surface area contributed by atoms with Gasteiger partial charge >= 0.3 is 6.09 Å².